The maximum atomic E-state index is 13.2. The Hall–Kier alpha value is -3.56. The Morgan fingerprint density at radius 2 is 1.70 bits per heavy atom. The van der Waals surface area contributed by atoms with E-state index in [4.69, 9.17) is 27.9 Å². The van der Waals surface area contributed by atoms with E-state index in [0.29, 0.717) is 32.3 Å². The summed E-state index contributed by atoms with van der Waals surface area (Å²) in [7, 11) is 1.25. The minimum absolute atomic E-state index is 0.0707. The van der Waals surface area contributed by atoms with Crippen LogP contribution in [0.15, 0.2) is 71.5 Å². The van der Waals surface area contributed by atoms with Gasteiger partial charge in [-0.3, -0.25) is 4.57 Å². The number of nitrogens with zero attached hydrogens (tertiary/aromatic N) is 3. The van der Waals surface area contributed by atoms with Gasteiger partial charge in [-0.2, -0.15) is 13.2 Å². The van der Waals surface area contributed by atoms with Crippen LogP contribution in [0.25, 0.3) is 22.5 Å². The normalized spacial score (nSPS) is 11.5. The molecule has 0 N–H and O–H groups in total. The van der Waals surface area contributed by atoms with Gasteiger partial charge in [0.2, 0.25) is 0 Å². The van der Waals surface area contributed by atoms with Crippen LogP contribution in [0.5, 0.6) is 0 Å². The molecule has 0 amide bonds. The molecule has 0 fully saturated rings. The molecule has 0 saturated carbocycles. The summed E-state index contributed by atoms with van der Waals surface area (Å²) in [6.45, 7) is -0.714. The number of carbonyl (C=O) groups excluding carboxylic acids is 1. The van der Waals surface area contributed by atoms with Crippen molar-refractivity contribution in [3.05, 3.63) is 98.4 Å². The second-order valence-corrected chi connectivity index (χ2v) is 9.02. The second-order valence-electron chi connectivity index (χ2n) is 8.18. The van der Waals surface area contributed by atoms with Crippen LogP contribution in [0.1, 0.15) is 22.3 Å². The number of aromatic nitrogens is 3. The summed E-state index contributed by atoms with van der Waals surface area (Å²) in [5.74, 6) is -0.526. The number of esters is 1. The molecule has 0 aliphatic rings. The van der Waals surface area contributed by atoms with E-state index in [1.165, 1.54) is 13.2 Å². The monoisotopic (exact) mass is 549 g/mol. The van der Waals surface area contributed by atoms with Crippen molar-refractivity contribution in [2.24, 2.45) is 0 Å². The highest BCUT2D eigenvalue weighted by atomic mass is 35.5. The number of halogens is 5. The fourth-order valence-electron chi connectivity index (χ4n) is 3.84. The molecule has 0 aliphatic carbocycles. The number of alkyl halides is 3. The quantitative estimate of drug-likeness (QED) is 0.248. The zero-order valence-corrected chi connectivity index (χ0v) is 20.9. The Morgan fingerprint density at radius 3 is 2.35 bits per heavy atom. The topological polar surface area (TPSA) is 66.1 Å². The number of methoxy groups -OCH3 is 1. The van der Waals surface area contributed by atoms with Crippen molar-refractivity contribution in [2.45, 2.75) is 25.7 Å². The highest BCUT2D eigenvalue weighted by Crippen LogP contribution is 2.30. The van der Waals surface area contributed by atoms with E-state index in [-0.39, 0.29) is 17.9 Å². The summed E-state index contributed by atoms with van der Waals surface area (Å²) >= 11 is 12.3. The van der Waals surface area contributed by atoms with Crippen LogP contribution in [0.3, 0.4) is 0 Å². The van der Waals surface area contributed by atoms with Crippen molar-refractivity contribution in [1.82, 2.24) is 14.3 Å². The van der Waals surface area contributed by atoms with Crippen LogP contribution in [0, 0.1) is 0 Å². The number of benzene rings is 3. The third-order valence-corrected chi connectivity index (χ3v) is 6.16. The lowest BCUT2D eigenvalue weighted by molar-refractivity contribution is -0.136. The van der Waals surface area contributed by atoms with Crippen LogP contribution >= 0.6 is 23.2 Å². The van der Waals surface area contributed by atoms with E-state index in [1.807, 2.05) is 0 Å². The van der Waals surface area contributed by atoms with Gasteiger partial charge in [-0.1, -0.05) is 41.4 Å². The van der Waals surface area contributed by atoms with Gasteiger partial charge in [0.1, 0.15) is 0 Å². The van der Waals surface area contributed by atoms with E-state index in [1.54, 1.807) is 60.7 Å². The number of hydrogen-bond donors (Lipinski definition) is 0. The van der Waals surface area contributed by atoms with Gasteiger partial charge in [0.15, 0.2) is 5.82 Å². The molecule has 0 atom stereocenters. The Bertz CT molecular complexity index is 1500. The summed E-state index contributed by atoms with van der Waals surface area (Å²) in [6.07, 6.45) is -5.66. The van der Waals surface area contributed by atoms with Gasteiger partial charge in [-0.15, -0.1) is 5.10 Å². The Labute approximate surface area is 219 Å². The molecule has 11 heteroatoms. The van der Waals surface area contributed by atoms with Gasteiger partial charge in [0.25, 0.3) is 0 Å². The summed E-state index contributed by atoms with van der Waals surface area (Å²) in [6, 6.07) is 18.2. The highest BCUT2D eigenvalue weighted by Gasteiger charge is 2.28. The predicted molar refractivity (Wildman–Crippen MR) is 135 cm³/mol. The SMILES string of the molecule is COC(=O)c1cc(Cn2nc(-c3ccc(Cl)cc3)n(CCC(F)(F)F)c2=O)cc(-c2ccccc2Cl)c1. The number of ether oxygens (including phenoxy) is 1. The lowest BCUT2D eigenvalue weighted by atomic mass is 9.99. The molecule has 4 rings (SSSR count). The van der Waals surface area contributed by atoms with Crippen molar-refractivity contribution < 1.29 is 22.7 Å². The van der Waals surface area contributed by atoms with E-state index in [0.717, 1.165) is 9.25 Å². The largest absolute Gasteiger partial charge is 0.465 e. The molecular weight excluding hydrogens is 530 g/mol. The molecule has 0 unspecified atom stereocenters. The smallest absolute Gasteiger partial charge is 0.390 e. The van der Waals surface area contributed by atoms with Crippen molar-refractivity contribution >= 4 is 29.2 Å². The lowest BCUT2D eigenvalue weighted by Gasteiger charge is -2.10. The molecule has 0 aliphatic heterocycles. The predicted octanol–water partition coefficient (Wildman–Crippen LogP) is 6.47. The molecular formula is C26H20Cl2F3N3O3. The molecule has 37 heavy (non-hydrogen) atoms. The summed E-state index contributed by atoms with van der Waals surface area (Å²) in [5.41, 5.74) is 1.69. The number of hydrogen-bond acceptors (Lipinski definition) is 4. The fraction of sp³-hybridized carbons (Fsp3) is 0.192. The van der Waals surface area contributed by atoms with Crippen LogP contribution in [-0.2, 0) is 17.8 Å². The second kappa shape index (κ2) is 10.8. The molecule has 4 aromatic rings. The van der Waals surface area contributed by atoms with Crippen LogP contribution < -0.4 is 5.69 Å². The Balaban J connectivity index is 1.80. The minimum atomic E-state index is -4.46. The van der Waals surface area contributed by atoms with Crippen LogP contribution in [0.4, 0.5) is 13.2 Å². The molecule has 0 bridgehead atoms. The number of carbonyl (C=O) groups is 1. The summed E-state index contributed by atoms with van der Waals surface area (Å²) in [5, 5.41) is 5.22. The molecule has 0 saturated heterocycles. The van der Waals surface area contributed by atoms with E-state index >= 15 is 0 Å². The van der Waals surface area contributed by atoms with Gasteiger partial charge in [0, 0.05) is 27.7 Å². The first-order valence-corrected chi connectivity index (χ1v) is 11.8. The molecule has 3 aromatic carbocycles. The van der Waals surface area contributed by atoms with Crippen molar-refractivity contribution in [2.75, 3.05) is 7.11 Å². The standard InChI is InChI=1S/C26H20Cl2F3N3O3/c1-37-24(35)19-13-16(12-18(14-19)21-4-2-3-5-22(21)28)15-34-25(36)33(11-10-26(29,30)31)23(32-34)17-6-8-20(27)9-7-17/h2-9,12-14H,10-11,15H2,1H3. The molecule has 0 spiro atoms. The molecule has 1 heterocycles. The first kappa shape index (κ1) is 26.5. The van der Waals surface area contributed by atoms with Gasteiger partial charge in [-0.05, 0) is 59.7 Å². The van der Waals surface area contributed by atoms with E-state index < -0.39 is 30.8 Å². The molecule has 192 valence electrons. The zero-order valence-electron chi connectivity index (χ0n) is 19.4. The Kier molecular flexibility index (Phi) is 7.75. The van der Waals surface area contributed by atoms with Crippen molar-refractivity contribution in [3.63, 3.8) is 0 Å². The van der Waals surface area contributed by atoms with E-state index in [2.05, 4.69) is 5.10 Å². The zero-order chi connectivity index (χ0) is 26.7. The van der Waals surface area contributed by atoms with Gasteiger partial charge in [0.05, 0.1) is 25.6 Å². The molecule has 1 aromatic heterocycles. The van der Waals surface area contributed by atoms with Gasteiger partial charge in [-0.25, -0.2) is 14.3 Å². The van der Waals surface area contributed by atoms with Crippen molar-refractivity contribution in [3.8, 4) is 22.5 Å². The average Bonchev–Trinajstić information content (AvgIpc) is 3.17. The highest BCUT2D eigenvalue weighted by molar-refractivity contribution is 6.33. The maximum Gasteiger partial charge on any atom is 0.390 e. The average molecular weight is 550 g/mol. The molecule has 6 nitrogen and oxygen atoms in total. The molecule has 0 radical (unpaired) electrons. The van der Waals surface area contributed by atoms with Crippen LogP contribution in [0.2, 0.25) is 10.0 Å². The van der Waals surface area contributed by atoms with Gasteiger partial charge < -0.3 is 4.74 Å². The third-order valence-electron chi connectivity index (χ3n) is 5.58. The van der Waals surface area contributed by atoms with Crippen LogP contribution in [-0.4, -0.2) is 33.6 Å². The summed E-state index contributed by atoms with van der Waals surface area (Å²) < 4.78 is 45.9. The number of rotatable bonds is 7. The third kappa shape index (κ3) is 6.23. The lowest BCUT2D eigenvalue weighted by Crippen LogP contribution is -2.27. The van der Waals surface area contributed by atoms with Crippen molar-refractivity contribution in [1.29, 1.82) is 0 Å². The Morgan fingerprint density at radius 1 is 1.00 bits per heavy atom. The fourth-order valence-corrected chi connectivity index (χ4v) is 4.21. The van der Waals surface area contributed by atoms with Gasteiger partial charge >= 0.3 is 17.8 Å². The summed E-state index contributed by atoms with van der Waals surface area (Å²) in [4.78, 5) is 25.5. The van der Waals surface area contributed by atoms with E-state index in [9.17, 15) is 22.8 Å². The first-order valence-electron chi connectivity index (χ1n) is 11.0. The maximum absolute atomic E-state index is 13.2. The minimum Gasteiger partial charge on any atom is -0.465 e. The first-order chi connectivity index (χ1) is 17.6.